The van der Waals surface area contributed by atoms with E-state index in [0.29, 0.717) is 6.61 Å². The summed E-state index contributed by atoms with van der Waals surface area (Å²) in [6.07, 6.45) is 5.15. The summed E-state index contributed by atoms with van der Waals surface area (Å²) in [6.45, 7) is 9.30. The number of esters is 1. The highest BCUT2D eigenvalue weighted by Gasteiger charge is 2.29. The number of methoxy groups -OCH3 is 1. The minimum absolute atomic E-state index is 0.151. The maximum absolute atomic E-state index is 12.7. The minimum atomic E-state index is -0.806. The Morgan fingerprint density at radius 1 is 1.10 bits per heavy atom. The molecule has 166 valence electrons. The van der Waals surface area contributed by atoms with E-state index in [1.54, 1.807) is 0 Å². The minimum Gasteiger partial charge on any atom is -0.494 e. The van der Waals surface area contributed by atoms with Crippen LogP contribution in [0.25, 0.3) is 0 Å². The Kier molecular flexibility index (Phi) is 11.3. The number of nitrogens with one attached hydrogen (secondary N) is 2. The van der Waals surface area contributed by atoms with Gasteiger partial charge in [-0.1, -0.05) is 32.1 Å². The first kappa shape index (κ1) is 25.2. The largest absolute Gasteiger partial charge is 0.494 e. The number of ether oxygens (including phenoxy) is 2. The fraction of sp³-hybridized carbons (Fsp3) is 0.522. The molecule has 0 bridgehead atoms. The number of carbonyl (C=O) groups is 3. The number of amides is 2. The molecule has 0 fully saturated rings. The average molecular weight is 419 g/mol. The first-order valence-electron chi connectivity index (χ1n) is 10.3. The molecule has 0 aliphatic rings. The van der Waals surface area contributed by atoms with E-state index in [2.05, 4.69) is 17.2 Å². The molecule has 0 spiro atoms. The predicted octanol–water partition coefficient (Wildman–Crippen LogP) is 2.78. The van der Waals surface area contributed by atoms with Crippen LogP contribution in [0.3, 0.4) is 0 Å². The van der Waals surface area contributed by atoms with E-state index in [1.807, 2.05) is 44.2 Å². The SMILES string of the molecule is C=CCCCCOc1ccc(C[C@H](NC(C)=O)C(=O)N[C@H](C(=O)OC)C(C)C)cc1. The third-order valence-electron chi connectivity index (χ3n) is 4.55. The van der Waals surface area contributed by atoms with Crippen LogP contribution in [0.1, 0.15) is 45.6 Å². The molecule has 2 amide bonds. The molecule has 1 aromatic carbocycles. The van der Waals surface area contributed by atoms with Gasteiger partial charge in [-0.2, -0.15) is 0 Å². The lowest BCUT2D eigenvalue weighted by Crippen LogP contribution is -2.53. The highest BCUT2D eigenvalue weighted by Crippen LogP contribution is 2.15. The molecule has 1 rings (SSSR count). The molecule has 30 heavy (non-hydrogen) atoms. The van der Waals surface area contributed by atoms with Crippen LogP contribution in [0.15, 0.2) is 36.9 Å². The number of hydrogen-bond donors (Lipinski definition) is 2. The first-order chi connectivity index (χ1) is 14.3. The summed E-state index contributed by atoms with van der Waals surface area (Å²) in [7, 11) is 1.28. The molecule has 0 aliphatic heterocycles. The summed E-state index contributed by atoms with van der Waals surface area (Å²) in [6, 6.07) is 5.83. The maximum atomic E-state index is 12.7. The van der Waals surface area contributed by atoms with E-state index < -0.39 is 24.0 Å². The summed E-state index contributed by atoms with van der Waals surface area (Å²) in [5.74, 6) is -0.675. The normalized spacial score (nSPS) is 12.6. The predicted molar refractivity (Wildman–Crippen MR) is 116 cm³/mol. The third-order valence-corrected chi connectivity index (χ3v) is 4.55. The van der Waals surface area contributed by atoms with Crippen LogP contribution < -0.4 is 15.4 Å². The Morgan fingerprint density at radius 2 is 1.77 bits per heavy atom. The first-order valence-corrected chi connectivity index (χ1v) is 10.3. The smallest absolute Gasteiger partial charge is 0.328 e. The van der Waals surface area contributed by atoms with Gasteiger partial charge in [-0.05, 0) is 42.9 Å². The molecule has 0 radical (unpaired) electrons. The lowest BCUT2D eigenvalue weighted by molar-refractivity contribution is -0.146. The Hall–Kier alpha value is -2.83. The monoisotopic (exact) mass is 418 g/mol. The van der Waals surface area contributed by atoms with Crippen molar-refractivity contribution in [3.8, 4) is 5.75 Å². The number of unbranched alkanes of at least 4 members (excludes halogenated alkanes) is 2. The fourth-order valence-corrected chi connectivity index (χ4v) is 2.87. The van der Waals surface area contributed by atoms with E-state index in [1.165, 1.54) is 14.0 Å². The molecule has 0 saturated carbocycles. The molecule has 0 unspecified atom stereocenters. The van der Waals surface area contributed by atoms with Crippen molar-refractivity contribution in [3.63, 3.8) is 0 Å². The Bertz CT molecular complexity index is 700. The molecule has 2 atom stereocenters. The van der Waals surface area contributed by atoms with Crippen LogP contribution in [0.4, 0.5) is 0 Å². The van der Waals surface area contributed by atoms with Gasteiger partial charge in [-0.15, -0.1) is 6.58 Å². The number of hydrogen-bond acceptors (Lipinski definition) is 5. The summed E-state index contributed by atoms with van der Waals surface area (Å²) in [4.78, 5) is 36.3. The number of allylic oxidation sites excluding steroid dienone is 1. The van der Waals surface area contributed by atoms with Crippen LogP contribution in [-0.2, 0) is 25.5 Å². The van der Waals surface area contributed by atoms with Crippen LogP contribution in [0.2, 0.25) is 0 Å². The standard InChI is InChI=1S/C23H34N2O5/c1-6-7-8-9-14-30-19-12-10-18(11-13-19)15-20(24-17(4)26)22(27)25-21(16(2)3)23(28)29-5/h6,10-13,16,20-21H,1,7-9,14-15H2,2-5H3,(H,24,26)(H,25,27)/t20-,21-/m0/s1. The van der Waals surface area contributed by atoms with Crippen molar-refractivity contribution in [1.82, 2.24) is 10.6 Å². The Morgan fingerprint density at radius 3 is 2.30 bits per heavy atom. The van der Waals surface area contributed by atoms with Gasteiger partial charge in [0, 0.05) is 13.3 Å². The zero-order valence-electron chi connectivity index (χ0n) is 18.4. The zero-order valence-corrected chi connectivity index (χ0v) is 18.4. The van der Waals surface area contributed by atoms with Crippen molar-refractivity contribution >= 4 is 17.8 Å². The van der Waals surface area contributed by atoms with Gasteiger partial charge in [0.15, 0.2) is 0 Å². The van der Waals surface area contributed by atoms with Crippen LogP contribution >= 0.6 is 0 Å². The van der Waals surface area contributed by atoms with Gasteiger partial charge in [0.1, 0.15) is 17.8 Å². The lowest BCUT2D eigenvalue weighted by atomic mass is 10.0. The second kappa shape index (κ2) is 13.4. The van der Waals surface area contributed by atoms with Gasteiger partial charge < -0.3 is 20.1 Å². The number of carbonyl (C=O) groups excluding carboxylic acids is 3. The maximum Gasteiger partial charge on any atom is 0.328 e. The van der Waals surface area contributed by atoms with Gasteiger partial charge in [0.25, 0.3) is 0 Å². The van der Waals surface area contributed by atoms with E-state index in [4.69, 9.17) is 9.47 Å². The second-order valence-corrected chi connectivity index (χ2v) is 7.49. The Labute approximate surface area is 179 Å². The van der Waals surface area contributed by atoms with Crippen molar-refractivity contribution in [2.24, 2.45) is 5.92 Å². The summed E-state index contributed by atoms with van der Waals surface area (Å²) < 4.78 is 10.5. The molecule has 0 heterocycles. The third kappa shape index (κ3) is 9.11. The molecular weight excluding hydrogens is 384 g/mol. The highest BCUT2D eigenvalue weighted by atomic mass is 16.5. The van der Waals surface area contributed by atoms with Crippen LogP contribution in [-0.4, -0.2) is 43.6 Å². The van der Waals surface area contributed by atoms with Gasteiger partial charge in [0.05, 0.1) is 13.7 Å². The van der Waals surface area contributed by atoms with Crippen LogP contribution in [0, 0.1) is 5.92 Å². The zero-order chi connectivity index (χ0) is 22.5. The van der Waals surface area contributed by atoms with Gasteiger partial charge in [0.2, 0.25) is 11.8 Å². The van der Waals surface area contributed by atoms with Gasteiger partial charge >= 0.3 is 5.97 Å². The van der Waals surface area contributed by atoms with E-state index in [-0.39, 0.29) is 18.2 Å². The number of benzene rings is 1. The quantitative estimate of drug-likeness (QED) is 0.292. The molecule has 0 aromatic heterocycles. The summed E-state index contributed by atoms with van der Waals surface area (Å²) in [5, 5.41) is 5.34. The molecule has 2 N–H and O–H groups in total. The van der Waals surface area contributed by atoms with Crippen LogP contribution in [0.5, 0.6) is 5.75 Å². The highest BCUT2D eigenvalue weighted by molar-refractivity contribution is 5.90. The van der Waals surface area contributed by atoms with E-state index >= 15 is 0 Å². The van der Waals surface area contributed by atoms with Crippen molar-refractivity contribution in [2.45, 2.75) is 58.5 Å². The summed E-state index contributed by atoms with van der Waals surface area (Å²) in [5.41, 5.74) is 0.863. The molecule has 7 heteroatoms. The summed E-state index contributed by atoms with van der Waals surface area (Å²) >= 11 is 0. The van der Waals surface area contributed by atoms with Crippen molar-refractivity contribution < 1.29 is 23.9 Å². The van der Waals surface area contributed by atoms with E-state index in [0.717, 1.165) is 30.6 Å². The average Bonchev–Trinajstić information content (AvgIpc) is 2.71. The van der Waals surface area contributed by atoms with Crippen molar-refractivity contribution in [2.75, 3.05) is 13.7 Å². The fourth-order valence-electron chi connectivity index (χ4n) is 2.87. The molecule has 0 aliphatic carbocycles. The molecular formula is C23H34N2O5. The van der Waals surface area contributed by atoms with Crippen molar-refractivity contribution in [3.05, 3.63) is 42.5 Å². The van der Waals surface area contributed by atoms with E-state index in [9.17, 15) is 14.4 Å². The topological polar surface area (TPSA) is 93.7 Å². The van der Waals surface area contributed by atoms with Gasteiger partial charge in [-0.3, -0.25) is 9.59 Å². The molecule has 1 aromatic rings. The lowest BCUT2D eigenvalue weighted by Gasteiger charge is -2.24. The van der Waals surface area contributed by atoms with Gasteiger partial charge in [-0.25, -0.2) is 4.79 Å². The van der Waals surface area contributed by atoms with Crippen molar-refractivity contribution in [1.29, 1.82) is 0 Å². The molecule has 7 nitrogen and oxygen atoms in total. The second-order valence-electron chi connectivity index (χ2n) is 7.49. The molecule has 0 saturated heterocycles. The number of rotatable bonds is 13. The Balaban J connectivity index is 2.75.